The van der Waals surface area contributed by atoms with Crippen LogP contribution in [0.1, 0.15) is 38.2 Å². The van der Waals surface area contributed by atoms with Crippen molar-refractivity contribution in [1.29, 1.82) is 0 Å². The predicted molar refractivity (Wildman–Crippen MR) is 70.0 cm³/mol. The first-order valence-corrected chi connectivity index (χ1v) is 6.87. The van der Waals surface area contributed by atoms with Gasteiger partial charge in [0.2, 0.25) is 5.28 Å². The van der Waals surface area contributed by atoms with E-state index in [9.17, 15) is 4.79 Å². The number of nitrogens with zero attached hydrogens (tertiary/aromatic N) is 3. The summed E-state index contributed by atoms with van der Waals surface area (Å²) < 4.78 is 0. The van der Waals surface area contributed by atoms with Gasteiger partial charge in [0.15, 0.2) is 5.78 Å². The highest BCUT2D eigenvalue weighted by Crippen LogP contribution is 2.41. The van der Waals surface area contributed by atoms with Crippen LogP contribution in [0.5, 0.6) is 0 Å². The summed E-state index contributed by atoms with van der Waals surface area (Å²) in [5.41, 5.74) is 0.568. The van der Waals surface area contributed by atoms with E-state index in [1.165, 1.54) is 0 Å². The van der Waals surface area contributed by atoms with Gasteiger partial charge in [0.1, 0.15) is 11.4 Å². The highest BCUT2D eigenvalue weighted by Gasteiger charge is 2.47. The minimum atomic E-state index is -0.344. The zero-order valence-corrected chi connectivity index (χ0v) is 11.2. The summed E-state index contributed by atoms with van der Waals surface area (Å²) in [7, 11) is 0. The lowest BCUT2D eigenvalue weighted by atomic mass is 9.76. The number of carbonyl (C=O) groups excluding carboxylic acids is 1. The molecule has 0 spiro atoms. The molecule has 1 atom stereocenters. The Hall–Kier alpha value is -1.16. The number of halogens is 1. The van der Waals surface area contributed by atoms with Crippen LogP contribution >= 0.6 is 11.6 Å². The molecule has 18 heavy (non-hydrogen) atoms. The number of hydrogen-bond donors (Lipinski definition) is 0. The molecule has 1 aromatic heterocycles. The molecule has 0 aromatic carbocycles. The Morgan fingerprint density at radius 2 is 2.33 bits per heavy atom. The SMILES string of the molecule is CCC12CCCCN1c1nc(Cl)ncc1CC2=O. The van der Waals surface area contributed by atoms with E-state index in [1.807, 2.05) is 0 Å². The molecule has 0 radical (unpaired) electrons. The number of fused-ring (bicyclic) bond motifs is 3. The van der Waals surface area contributed by atoms with Gasteiger partial charge in [0.05, 0.1) is 0 Å². The summed E-state index contributed by atoms with van der Waals surface area (Å²) in [6.07, 6.45) is 6.13. The monoisotopic (exact) mass is 265 g/mol. The second kappa shape index (κ2) is 4.19. The van der Waals surface area contributed by atoms with E-state index < -0.39 is 0 Å². The second-order valence-corrected chi connectivity index (χ2v) is 5.42. The zero-order valence-electron chi connectivity index (χ0n) is 10.4. The molecule has 4 nitrogen and oxygen atoms in total. The predicted octanol–water partition coefficient (Wildman–Crippen LogP) is 2.39. The molecule has 1 aromatic rings. The van der Waals surface area contributed by atoms with E-state index >= 15 is 0 Å². The number of Topliss-reactive ketones (excluding diaryl/α,β-unsaturated/α-hetero) is 1. The van der Waals surface area contributed by atoms with Crippen LogP contribution < -0.4 is 4.90 Å². The third kappa shape index (κ3) is 1.55. The summed E-state index contributed by atoms with van der Waals surface area (Å²) in [5, 5.41) is 0.263. The van der Waals surface area contributed by atoms with E-state index in [4.69, 9.17) is 11.6 Å². The van der Waals surface area contributed by atoms with E-state index in [-0.39, 0.29) is 10.8 Å². The van der Waals surface area contributed by atoms with Crippen molar-refractivity contribution in [3.05, 3.63) is 17.0 Å². The van der Waals surface area contributed by atoms with Crippen LogP contribution in [-0.4, -0.2) is 27.8 Å². The number of aromatic nitrogens is 2. The van der Waals surface area contributed by atoms with Crippen molar-refractivity contribution in [2.24, 2.45) is 0 Å². The second-order valence-electron chi connectivity index (χ2n) is 5.08. The third-order valence-electron chi connectivity index (χ3n) is 4.26. The molecule has 0 N–H and O–H groups in total. The van der Waals surface area contributed by atoms with Crippen LogP contribution in [0.4, 0.5) is 5.82 Å². The fourth-order valence-electron chi connectivity index (χ4n) is 3.27. The fourth-order valence-corrected chi connectivity index (χ4v) is 3.40. The molecule has 3 rings (SSSR count). The number of carbonyl (C=O) groups is 1. The number of hydrogen-bond acceptors (Lipinski definition) is 4. The molecule has 3 heterocycles. The Balaban J connectivity index is 2.14. The summed E-state index contributed by atoms with van der Waals surface area (Å²) in [4.78, 5) is 23.0. The van der Waals surface area contributed by atoms with Gasteiger partial charge in [-0.3, -0.25) is 4.79 Å². The molecular formula is C13H16ClN3O. The summed E-state index contributed by atoms with van der Waals surface area (Å²) in [5.74, 6) is 1.18. The lowest BCUT2D eigenvalue weighted by molar-refractivity contribution is -0.125. The molecule has 0 amide bonds. The van der Waals surface area contributed by atoms with Gasteiger partial charge >= 0.3 is 0 Å². The molecule has 2 aliphatic heterocycles. The topological polar surface area (TPSA) is 46.1 Å². The Bertz CT molecular complexity index is 505. The van der Waals surface area contributed by atoms with Gasteiger partial charge in [-0.05, 0) is 37.3 Å². The van der Waals surface area contributed by atoms with Crippen molar-refractivity contribution < 1.29 is 4.79 Å². The van der Waals surface area contributed by atoms with E-state index in [2.05, 4.69) is 21.8 Å². The maximum Gasteiger partial charge on any atom is 0.224 e. The summed E-state index contributed by atoms with van der Waals surface area (Å²) in [6, 6.07) is 0. The van der Waals surface area contributed by atoms with Gasteiger partial charge in [-0.15, -0.1) is 0 Å². The van der Waals surface area contributed by atoms with Crippen LogP contribution in [0.15, 0.2) is 6.20 Å². The smallest absolute Gasteiger partial charge is 0.224 e. The van der Waals surface area contributed by atoms with Crippen molar-refractivity contribution in [2.45, 2.75) is 44.6 Å². The molecule has 0 aliphatic carbocycles. The molecule has 1 fully saturated rings. The van der Waals surface area contributed by atoms with Crippen LogP contribution in [-0.2, 0) is 11.2 Å². The highest BCUT2D eigenvalue weighted by atomic mass is 35.5. The van der Waals surface area contributed by atoms with Gasteiger partial charge in [-0.2, -0.15) is 0 Å². The molecule has 96 valence electrons. The normalized spacial score (nSPS) is 26.8. The van der Waals surface area contributed by atoms with E-state index in [0.29, 0.717) is 12.2 Å². The van der Waals surface area contributed by atoms with Gasteiger partial charge in [0, 0.05) is 24.7 Å². The van der Waals surface area contributed by atoms with Crippen molar-refractivity contribution in [2.75, 3.05) is 11.4 Å². The first-order valence-electron chi connectivity index (χ1n) is 6.50. The largest absolute Gasteiger partial charge is 0.343 e. The summed E-state index contributed by atoms with van der Waals surface area (Å²) in [6.45, 7) is 2.98. The molecule has 0 bridgehead atoms. The lowest BCUT2D eigenvalue weighted by Gasteiger charge is -2.49. The summed E-state index contributed by atoms with van der Waals surface area (Å²) >= 11 is 5.90. The molecule has 1 saturated heterocycles. The number of rotatable bonds is 1. The van der Waals surface area contributed by atoms with Gasteiger partial charge in [0.25, 0.3) is 0 Å². The number of anilines is 1. The maximum absolute atomic E-state index is 12.5. The first-order chi connectivity index (χ1) is 8.67. The van der Waals surface area contributed by atoms with Crippen molar-refractivity contribution >= 4 is 23.2 Å². The first kappa shape index (κ1) is 11.9. The van der Waals surface area contributed by atoms with Crippen molar-refractivity contribution in [1.82, 2.24) is 9.97 Å². The Morgan fingerprint density at radius 3 is 3.11 bits per heavy atom. The van der Waals surface area contributed by atoms with Gasteiger partial charge in [-0.1, -0.05) is 6.92 Å². The molecule has 1 unspecified atom stereocenters. The van der Waals surface area contributed by atoms with Gasteiger partial charge in [-0.25, -0.2) is 9.97 Å². The Kier molecular flexibility index (Phi) is 2.77. The zero-order chi connectivity index (χ0) is 12.8. The molecule has 5 heteroatoms. The molecule has 0 saturated carbocycles. The van der Waals surface area contributed by atoms with Crippen LogP contribution in [0.3, 0.4) is 0 Å². The highest BCUT2D eigenvalue weighted by molar-refractivity contribution is 6.28. The van der Waals surface area contributed by atoms with Gasteiger partial charge < -0.3 is 4.90 Å². The van der Waals surface area contributed by atoms with E-state index in [0.717, 1.165) is 43.6 Å². The van der Waals surface area contributed by atoms with Crippen LogP contribution in [0, 0.1) is 0 Å². The Morgan fingerprint density at radius 1 is 1.50 bits per heavy atom. The molecule has 2 aliphatic rings. The minimum absolute atomic E-state index is 0.263. The van der Waals surface area contributed by atoms with E-state index in [1.54, 1.807) is 6.20 Å². The maximum atomic E-state index is 12.5. The third-order valence-corrected chi connectivity index (χ3v) is 4.44. The van der Waals surface area contributed by atoms with Crippen molar-refractivity contribution in [3.8, 4) is 0 Å². The fraction of sp³-hybridized carbons (Fsp3) is 0.615. The average Bonchev–Trinajstić information content (AvgIpc) is 2.40. The van der Waals surface area contributed by atoms with Crippen LogP contribution in [0.2, 0.25) is 5.28 Å². The quantitative estimate of drug-likeness (QED) is 0.732. The standard InChI is InChI=1S/C13H16ClN3O/c1-2-13-5-3-4-6-17(13)11-9(7-10(13)18)8-15-12(14)16-11/h8H,2-7H2,1H3. The number of ketones is 1. The number of piperidine rings is 1. The van der Waals surface area contributed by atoms with Crippen molar-refractivity contribution in [3.63, 3.8) is 0 Å². The van der Waals surface area contributed by atoms with Crippen LogP contribution in [0.25, 0.3) is 0 Å². The molecular weight excluding hydrogens is 250 g/mol. The lowest BCUT2D eigenvalue weighted by Crippen LogP contribution is -2.60. The minimum Gasteiger partial charge on any atom is -0.343 e. The average molecular weight is 266 g/mol. The Labute approximate surface area is 111 Å².